The number of thiazole rings is 1. The van der Waals surface area contributed by atoms with E-state index in [9.17, 15) is 4.79 Å². The molecular formula is C15H14N4O2S. The molecular weight excluding hydrogens is 300 g/mol. The molecule has 22 heavy (non-hydrogen) atoms. The highest BCUT2D eigenvalue weighted by Gasteiger charge is 2.11. The van der Waals surface area contributed by atoms with Crippen molar-refractivity contribution in [2.75, 3.05) is 0 Å². The first-order valence-electron chi connectivity index (χ1n) is 6.70. The van der Waals surface area contributed by atoms with Crippen LogP contribution in [0.15, 0.2) is 34.3 Å². The van der Waals surface area contributed by atoms with Gasteiger partial charge in [0.2, 0.25) is 0 Å². The van der Waals surface area contributed by atoms with Gasteiger partial charge in [0.25, 0.3) is 5.91 Å². The van der Waals surface area contributed by atoms with E-state index in [0.717, 1.165) is 16.4 Å². The van der Waals surface area contributed by atoms with E-state index < -0.39 is 0 Å². The lowest BCUT2D eigenvalue weighted by molar-refractivity contribution is 0.0942. The maximum Gasteiger partial charge on any atom is 0.271 e. The zero-order chi connectivity index (χ0) is 15.5. The van der Waals surface area contributed by atoms with Gasteiger partial charge in [-0.1, -0.05) is 0 Å². The molecule has 1 N–H and O–H groups in total. The number of hydrogen-bond acceptors (Lipinski definition) is 6. The summed E-state index contributed by atoms with van der Waals surface area (Å²) in [6.45, 7) is 4.05. The Morgan fingerprint density at radius 3 is 2.82 bits per heavy atom. The van der Waals surface area contributed by atoms with Crippen LogP contribution in [-0.2, 0) is 6.54 Å². The summed E-state index contributed by atoms with van der Waals surface area (Å²) >= 11 is 1.57. The summed E-state index contributed by atoms with van der Waals surface area (Å²) in [6.07, 6.45) is 3.01. The van der Waals surface area contributed by atoms with Gasteiger partial charge >= 0.3 is 0 Å². The molecule has 3 aromatic rings. The van der Waals surface area contributed by atoms with E-state index in [1.165, 1.54) is 6.20 Å². The summed E-state index contributed by atoms with van der Waals surface area (Å²) in [5.41, 5.74) is 1.86. The number of aryl methyl sites for hydroxylation is 2. The summed E-state index contributed by atoms with van der Waals surface area (Å²) in [5, 5.41) is 5.68. The van der Waals surface area contributed by atoms with Gasteiger partial charge in [0.1, 0.15) is 17.1 Å². The van der Waals surface area contributed by atoms with Crippen molar-refractivity contribution in [2.24, 2.45) is 0 Å². The summed E-state index contributed by atoms with van der Waals surface area (Å²) in [6, 6.07) is 3.67. The topological polar surface area (TPSA) is 80.9 Å². The molecule has 3 aromatic heterocycles. The number of hydrogen-bond donors (Lipinski definition) is 1. The average molecular weight is 314 g/mol. The zero-order valence-electron chi connectivity index (χ0n) is 12.2. The molecule has 1 amide bonds. The number of nitrogens with one attached hydrogen (secondary N) is 1. The molecule has 3 rings (SSSR count). The zero-order valence-corrected chi connectivity index (χ0v) is 13.0. The van der Waals surface area contributed by atoms with Crippen molar-refractivity contribution < 1.29 is 9.21 Å². The Hall–Kier alpha value is -2.54. The second kappa shape index (κ2) is 6.07. The number of rotatable bonds is 4. The fraction of sp³-hybridized carbons (Fsp3) is 0.200. The number of aromatic nitrogens is 3. The van der Waals surface area contributed by atoms with Crippen LogP contribution in [-0.4, -0.2) is 20.9 Å². The molecule has 0 aliphatic heterocycles. The van der Waals surface area contributed by atoms with Crippen LogP contribution in [0.1, 0.15) is 27.0 Å². The van der Waals surface area contributed by atoms with E-state index in [0.29, 0.717) is 11.5 Å². The van der Waals surface area contributed by atoms with Crippen LogP contribution in [0.2, 0.25) is 0 Å². The van der Waals surface area contributed by atoms with Crippen LogP contribution in [0.3, 0.4) is 0 Å². The average Bonchev–Trinajstić information content (AvgIpc) is 3.14. The Labute approximate surface area is 131 Å². The third kappa shape index (κ3) is 3.20. The van der Waals surface area contributed by atoms with Crippen LogP contribution in [0, 0.1) is 13.8 Å². The predicted molar refractivity (Wildman–Crippen MR) is 82.5 cm³/mol. The van der Waals surface area contributed by atoms with Crippen molar-refractivity contribution in [3.05, 3.63) is 52.1 Å². The number of furan rings is 1. The van der Waals surface area contributed by atoms with Gasteiger partial charge in [-0.15, -0.1) is 11.3 Å². The van der Waals surface area contributed by atoms with Crippen LogP contribution in [0.5, 0.6) is 0 Å². The van der Waals surface area contributed by atoms with Gasteiger partial charge in [0.05, 0.1) is 23.4 Å². The lowest BCUT2D eigenvalue weighted by Gasteiger charge is -2.02. The minimum absolute atomic E-state index is 0.282. The Morgan fingerprint density at radius 1 is 1.27 bits per heavy atom. The molecule has 0 spiro atoms. The largest absolute Gasteiger partial charge is 0.458 e. The van der Waals surface area contributed by atoms with E-state index in [2.05, 4.69) is 20.3 Å². The molecule has 0 radical (unpaired) electrons. The highest BCUT2D eigenvalue weighted by molar-refractivity contribution is 7.09. The summed E-state index contributed by atoms with van der Waals surface area (Å²) in [5.74, 6) is 1.08. The second-order valence-corrected chi connectivity index (χ2v) is 5.81. The summed E-state index contributed by atoms with van der Waals surface area (Å²) < 4.78 is 5.68. The number of amides is 1. The van der Waals surface area contributed by atoms with Crippen molar-refractivity contribution in [1.82, 2.24) is 20.3 Å². The Bertz CT molecular complexity index is 792. The number of carbonyl (C=O) groups is 1. The lowest BCUT2D eigenvalue weighted by atomic mass is 10.3. The van der Waals surface area contributed by atoms with Crippen molar-refractivity contribution in [1.29, 1.82) is 0 Å². The van der Waals surface area contributed by atoms with E-state index >= 15 is 0 Å². The SMILES string of the molecule is Cc1cnc(C(=O)NCc2ccc(-c3csc(C)n3)o2)cn1. The fourth-order valence-corrected chi connectivity index (χ4v) is 2.46. The van der Waals surface area contributed by atoms with Gasteiger partial charge in [-0.05, 0) is 26.0 Å². The van der Waals surface area contributed by atoms with Gasteiger partial charge in [0.15, 0.2) is 5.76 Å². The van der Waals surface area contributed by atoms with Crippen molar-refractivity contribution in [2.45, 2.75) is 20.4 Å². The maximum atomic E-state index is 11.9. The minimum atomic E-state index is -0.282. The molecule has 0 saturated carbocycles. The first-order valence-corrected chi connectivity index (χ1v) is 7.58. The number of nitrogens with zero attached hydrogens (tertiary/aromatic N) is 3. The van der Waals surface area contributed by atoms with Crippen LogP contribution < -0.4 is 5.32 Å². The maximum absolute atomic E-state index is 11.9. The molecule has 0 atom stereocenters. The predicted octanol–water partition coefficient (Wildman–Crippen LogP) is 2.74. The molecule has 3 heterocycles. The number of carbonyl (C=O) groups excluding carboxylic acids is 1. The molecule has 0 unspecified atom stereocenters. The van der Waals surface area contributed by atoms with Gasteiger partial charge in [-0.2, -0.15) is 0 Å². The molecule has 0 bridgehead atoms. The Morgan fingerprint density at radius 2 is 2.14 bits per heavy atom. The van der Waals surface area contributed by atoms with Crippen molar-refractivity contribution in [3.63, 3.8) is 0 Å². The van der Waals surface area contributed by atoms with Crippen LogP contribution in [0.25, 0.3) is 11.5 Å². The van der Waals surface area contributed by atoms with Gasteiger partial charge in [-0.25, -0.2) is 9.97 Å². The quantitative estimate of drug-likeness (QED) is 0.801. The molecule has 0 saturated heterocycles. The second-order valence-electron chi connectivity index (χ2n) is 4.74. The molecule has 0 fully saturated rings. The van der Waals surface area contributed by atoms with E-state index in [1.54, 1.807) is 17.5 Å². The summed E-state index contributed by atoms with van der Waals surface area (Å²) in [7, 11) is 0. The van der Waals surface area contributed by atoms with E-state index in [1.807, 2.05) is 31.4 Å². The van der Waals surface area contributed by atoms with Gasteiger partial charge in [-0.3, -0.25) is 9.78 Å². The molecule has 0 aromatic carbocycles. The highest BCUT2D eigenvalue weighted by atomic mass is 32.1. The Kier molecular flexibility index (Phi) is 3.97. The van der Waals surface area contributed by atoms with Crippen LogP contribution in [0.4, 0.5) is 0 Å². The normalized spacial score (nSPS) is 10.6. The van der Waals surface area contributed by atoms with E-state index in [4.69, 9.17) is 4.42 Å². The standard InChI is InChI=1S/C15H14N4O2S/c1-9-5-17-12(7-16-9)15(20)18-6-11-3-4-14(21-11)13-8-22-10(2)19-13/h3-5,7-8H,6H2,1-2H3,(H,18,20). The van der Waals surface area contributed by atoms with E-state index in [-0.39, 0.29) is 18.1 Å². The minimum Gasteiger partial charge on any atom is -0.458 e. The first kappa shape index (κ1) is 14.4. The third-order valence-electron chi connectivity index (χ3n) is 2.97. The van der Waals surface area contributed by atoms with Gasteiger partial charge < -0.3 is 9.73 Å². The summed E-state index contributed by atoms with van der Waals surface area (Å²) in [4.78, 5) is 24.4. The van der Waals surface area contributed by atoms with Crippen molar-refractivity contribution >= 4 is 17.2 Å². The molecule has 7 heteroatoms. The fourth-order valence-electron chi connectivity index (χ4n) is 1.85. The molecule has 6 nitrogen and oxygen atoms in total. The smallest absolute Gasteiger partial charge is 0.271 e. The third-order valence-corrected chi connectivity index (χ3v) is 3.74. The Balaban J connectivity index is 1.63. The van der Waals surface area contributed by atoms with Crippen molar-refractivity contribution in [3.8, 4) is 11.5 Å². The molecule has 0 aliphatic rings. The lowest BCUT2D eigenvalue weighted by Crippen LogP contribution is -2.23. The van der Waals surface area contributed by atoms with Crippen LogP contribution >= 0.6 is 11.3 Å². The van der Waals surface area contributed by atoms with Gasteiger partial charge in [0, 0.05) is 11.6 Å². The monoisotopic (exact) mass is 314 g/mol. The molecule has 0 aliphatic carbocycles. The highest BCUT2D eigenvalue weighted by Crippen LogP contribution is 2.23. The molecule has 112 valence electrons. The first-order chi connectivity index (χ1) is 10.6.